The monoisotopic (exact) mass is 592 g/mol. The number of fused-ring (bicyclic) bond motifs is 5. The van der Waals surface area contributed by atoms with Crippen LogP contribution in [-0.4, -0.2) is 19.5 Å². The van der Waals surface area contributed by atoms with Crippen LogP contribution in [0.25, 0.3) is 38.9 Å². The number of aromatic nitrogens is 4. The molecule has 3 heterocycles. The van der Waals surface area contributed by atoms with Gasteiger partial charge in [-0.2, -0.15) is 0 Å². The highest BCUT2D eigenvalue weighted by molar-refractivity contribution is 6.09. The molecule has 0 amide bonds. The molecule has 1 N–H and O–H groups in total. The maximum atomic E-state index is 5.12. The van der Waals surface area contributed by atoms with Crippen molar-refractivity contribution in [2.24, 2.45) is 0 Å². The van der Waals surface area contributed by atoms with Crippen molar-refractivity contribution in [2.75, 3.05) is 0 Å². The molecule has 46 heavy (non-hydrogen) atoms. The zero-order chi connectivity index (χ0) is 30.9. The normalized spacial score (nSPS) is 14.7. The van der Waals surface area contributed by atoms with Gasteiger partial charge in [0.2, 0.25) is 0 Å². The van der Waals surface area contributed by atoms with Crippen molar-refractivity contribution in [3.63, 3.8) is 0 Å². The lowest BCUT2D eigenvalue weighted by Crippen LogP contribution is -2.42. The minimum Gasteiger partial charge on any atom is -0.345 e. The van der Waals surface area contributed by atoms with Gasteiger partial charge in [-0.3, -0.25) is 4.98 Å². The molecule has 0 fully saturated rings. The largest absolute Gasteiger partial charge is 0.345 e. The Morgan fingerprint density at radius 1 is 0.565 bits per heavy atom. The third-order valence-electron chi connectivity index (χ3n) is 10.0. The Morgan fingerprint density at radius 3 is 1.98 bits per heavy atom. The third-order valence-corrected chi connectivity index (χ3v) is 10.0. The van der Waals surface area contributed by atoms with Gasteiger partial charge in [0.1, 0.15) is 5.82 Å². The molecule has 0 saturated carbocycles. The molecular weight excluding hydrogens is 560 g/mol. The lowest BCUT2D eigenvalue weighted by molar-refractivity contribution is 0.552. The van der Waals surface area contributed by atoms with Gasteiger partial charge in [0, 0.05) is 46.0 Å². The Balaban J connectivity index is 1.41. The fourth-order valence-corrected chi connectivity index (χ4v) is 8.02. The summed E-state index contributed by atoms with van der Waals surface area (Å²) in [5.41, 5.74) is 11.1. The molecule has 0 aliphatic heterocycles. The molecule has 4 heteroatoms. The molecule has 4 nitrogen and oxygen atoms in total. The van der Waals surface area contributed by atoms with Gasteiger partial charge in [-0.05, 0) is 64.2 Å². The number of H-pyrrole nitrogens is 1. The van der Waals surface area contributed by atoms with Gasteiger partial charge >= 0.3 is 0 Å². The smallest absolute Gasteiger partial charge is 0.137 e. The topological polar surface area (TPSA) is 46.5 Å². The second kappa shape index (κ2) is 9.88. The van der Waals surface area contributed by atoms with Crippen LogP contribution in [0.15, 0.2) is 152 Å². The number of rotatable bonds is 4. The van der Waals surface area contributed by atoms with E-state index in [-0.39, 0.29) is 5.41 Å². The standard InChI is InChI=1S/C42H32N4/c1-41(2)33-15-4-6-17-35(33)42(39-20-9-10-23-43-39,36-18-7-5-16-34(36)41)29-21-22-32-31-14-3-8-19-37(31)46(38(32)27-29)30-13-11-12-28(26-30)40-44-24-25-45-40/h3-27H,1-2H3,(H,44,45). The number of hydrogen-bond acceptors (Lipinski definition) is 2. The minimum atomic E-state index is -0.616. The molecule has 1 aliphatic rings. The Morgan fingerprint density at radius 2 is 1.26 bits per heavy atom. The number of nitrogens with zero attached hydrogens (tertiary/aromatic N) is 3. The van der Waals surface area contributed by atoms with E-state index >= 15 is 0 Å². The van der Waals surface area contributed by atoms with E-state index < -0.39 is 5.41 Å². The molecule has 0 spiro atoms. The number of pyridine rings is 1. The summed E-state index contributed by atoms with van der Waals surface area (Å²) in [6, 6.07) is 48.6. The molecule has 0 atom stereocenters. The van der Waals surface area contributed by atoms with Crippen LogP contribution < -0.4 is 0 Å². The van der Waals surface area contributed by atoms with E-state index in [4.69, 9.17) is 4.98 Å². The van der Waals surface area contributed by atoms with E-state index in [2.05, 4.69) is 156 Å². The first kappa shape index (κ1) is 26.6. The van der Waals surface area contributed by atoms with E-state index in [1.54, 1.807) is 6.20 Å². The molecular formula is C42H32N4. The van der Waals surface area contributed by atoms with E-state index in [0.717, 1.165) is 28.3 Å². The first-order chi connectivity index (χ1) is 22.6. The Kier molecular flexibility index (Phi) is 5.72. The van der Waals surface area contributed by atoms with Crippen molar-refractivity contribution >= 4 is 21.8 Å². The number of benzene rings is 5. The number of aromatic amines is 1. The zero-order valence-corrected chi connectivity index (χ0v) is 25.8. The van der Waals surface area contributed by atoms with Crippen LogP contribution in [0.3, 0.4) is 0 Å². The summed E-state index contributed by atoms with van der Waals surface area (Å²) < 4.78 is 2.40. The average molecular weight is 593 g/mol. The van der Waals surface area contributed by atoms with Crippen molar-refractivity contribution in [3.05, 3.63) is 186 Å². The SMILES string of the molecule is CC1(C)c2ccccc2C(c2ccc3c4ccccc4n(-c4cccc(-c5ncc[nH]5)c4)c3c2)(c2ccccn2)c2ccccc21. The lowest BCUT2D eigenvalue weighted by atomic mass is 9.55. The summed E-state index contributed by atoms with van der Waals surface area (Å²) in [5, 5.41) is 2.45. The average Bonchev–Trinajstić information content (AvgIpc) is 3.76. The van der Waals surface area contributed by atoms with Gasteiger partial charge in [-0.1, -0.05) is 111 Å². The molecule has 8 aromatic rings. The van der Waals surface area contributed by atoms with Gasteiger partial charge in [0.05, 0.1) is 22.1 Å². The third kappa shape index (κ3) is 3.61. The van der Waals surface area contributed by atoms with Gasteiger partial charge in [-0.15, -0.1) is 0 Å². The van der Waals surface area contributed by atoms with Crippen molar-refractivity contribution in [2.45, 2.75) is 24.7 Å². The summed E-state index contributed by atoms with van der Waals surface area (Å²) in [7, 11) is 0. The lowest BCUT2D eigenvalue weighted by Gasteiger charge is -2.47. The predicted octanol–water partition coefficient (Wildman–Crippen LogP) is 9.59. The highest BCUT2D eigenvalue weighted by atomic mass is 15.0. The molecule has 3 aromatic heterocycles. The highest BCUT2D eigenvalue weighted by Crippen LogP contribution is 2.55. The number of imidazole rings is 1. The van der Waals surface area contributed by atoms with Crippen LogP contribution >= 0.6 is 0 Å². The summed E-state index contributed by atoms with van der Waals surface area (Å²) in [5.74, 6) is 0.857. The first-order valence-corrected chi connectivity index (χ1v) is 15.8. The van der Waals surface area contributed by atoms with Gasteiger partial charge in [-0.25, -0.2) is 4.98 Å². The Labute approximate surface area is 268 Å². The predicted molar refractivity (Wildman–Crippen MR) is 187 cm³/mol. The van der Waals surface area contributed by atoms with E-state index in [1.165, 1.54) is 44.1 Å². The quantitative estimate of drug-likeness (QED) is 0.221. The van der Waals surface area contributed by atoms with E-state index in [9.17, 15) is 0 Å². The number of para-hydroxylation sites is 1. The maximum Gasteiger partial charge on any atom is 0.137 e. The number of hydrogen-bond donors (Lipinski definition) is 1. The van der Waals surface area contributed by atoms with Crippen LogP contribution in [0.1, 0.15) is 47.4 Å². The zero-order valence-electron chi connectivity index (χ0n) is 25.8. The van der Waals surface area contributed by atoms with Crippen LogP contribution in [0.5, 0.6) is 0 Å². The second-order valence-electron chi connectivity index (χ2n) is 12.8. The fourth-order valence-electron chi connectivity index (χ4n) is 8.02. The molecule has 0 unspecified atom stereocenters. The summed E-state index contributed by atoms with van der Waals surface area (Å²) in [6.45, 7) is 4.69. The van der Waals surface area contributed by atoms with Crippen molar-refractivity contribution in [1.29, 1.82) is 0 Å². The summed E-state index contributed by atoms with van der Waals surface area (Å²) >= 11 is 0. The molecule has 220 valence electrons. The van der Waals surface area contributed by atoms with Crippen molar-refractivity contribution in [3.8, 4) is 17.1 Å². The van der Waals surface area contributed by atoms with Gasteiger partial charge in [0.25, 0.3) is 0 Å². The van der Waals surface area contributed by atoms with Crippen LogP contribution in [0.4, 0.5) is 0 Å². The van der Waals surface area contributed by atoms with Crippen molar-refractivity contribution < 1.29 is 0 Å². The van der Waals surface area contributed by atoms with E-state index in [0.29, 0.717) is 0 Å². The molecule has 1 aliphatic carbocycles. The van der Waals surface area contributed by atoms with Crippen molar-refractivity contribution in [1.82, 2.24) is 19.5 Å². The Bertz CT molecular complexity index is 2350. The molecule has 0 radical (unpaired) electrons. The van der Waals surface area contributed by atoms with E-state index in [1.807, 2.05) is 18.5 Å². The van der Waals surface area contributed by atoms with Gasteiger partial charge < -0.3 is 9.55 Å². The molecule has 0 bridgehead atoms. The number of nitrogens with one attached hydrogen (secondary N) is 1. The van der Waals surface area contributed by atoms with Gasteiger partial charge in [0.15, 0.2) is 0 Å². The summed E-state index contributed by atoms with van der Waals surface area (Å²) in [6.07, 6.45) is 5.59. The van der Waals surface area contributed by atoms with Crippen LogP contribution in [0, 0.1) is 0 Å². The maximum absolute atomic E-state index is 5.12. The molecule has 5 aromatic carbocycles. The minimum absolute atomic E-state index is 0.170. The second-order valence-corrected chi connectivity index (χ2v) is 12.8. The molecule has 0 saturated heterocycles. The van der Waals surface area contributed by atoms with Crippen LogP contribution in [0.2, 0.25) is 0 Å². The Hall–Kier alpha value is -5.74. The van der Waals surface area contributed by atoms with Crippen LogP contribution in [-0.2, 0) is 10.8 Å². The molecule has 9 rings (SSSR count). The summed E-state index contributed by atoms with van der Waals surface area (Å²) in [4.78, 5) is 12.9. The fraction of sp³-hybridized carbons (Fsp3) is 0.0952. The first-order valence-electron chi connectivity index (χ1n) is 15.8. The highest BCUT2D eigenvalue weighted by Gasteiger charge is 2.49.